The van der Waals surface area contributed by atoms with Crippen LogP contribution in [0.2, 0.25) is 5.04 Å². The van der Waals surface area contributed by atoms with Crippen LogP contribution >= 0.6 is 0 Å². The second kappa shape index (κ2) is 13.1. The lowest BCUT2D eigenvalue weighted by atomic mass is 9.39. The number of rotatable bonds is 9. The van der Waals surface area contributed by atoms with Gasteiger partial charge in [-0.2, -0.15) is 0 Å². The first kappa shape index (κ1) is 38.3. The highest BCUT2D eigenvalue weighted by Gasteiger charge is 2.73. The smallest absolute Gasteiger partial charge is 0.408 e. The lowest BCUT2D eigenvalue weighted by Gasteiger charge is -2.68. The van der Waals surface area contributed by atoms with Gasteiger partial charge in [0.1, 0.15) is 5.60 Å². The standard InChI is InChI=1S/C28H35N3O5Si.C11H17NO4/c1-26(2,3)37(21-10-6-4-7-11-21,22-12-8-5-9-13-22)36-20-14-19(15-20)23(31-35)29-24(32)27-16-28(17-27,18-27)30-25(33)34;1-9(2,3)16-8(15)12-11-4-10(5-11,6-11)7(13)14/h4-13,19-20,30,35H,14-18H2,1-3H3,(H,33,34)(H,29,31,32);4-6H2,1-3H3,(H,12,15)(H,13,14). The van der Waals surface area contributed by atoms with Crippen molar-refractivity contribution in [1.29, 1.82) is 0 Å². The first-order valence-corrected chi connectivity index (χ1v) is 20.2. The SMILES string of the molecule is CC(C)(C)OC(=O)NC12CC(C(=O)O)(C1)C2.CC(C)(C)[Si](OC1CC(/C(=N/O)NC(=O)C23CC(NC(=O)O)(C2)C3)C1)(c1ccccc1)c1ccccc1. The highest BCUT2D eigenvalue weighted by Crippen LogP contribution is 2.68. The summed E-state index contributed by atoms with van der Waals surface area (Å²) in [6.45, 7) is 12.1. The quantitative estimate of drug-likeness (QED) is 0.0676. The summed E-state index contributed by atoms with van der Waals surface area (Å²) in [7, 11) is -2.68. The van der Waals surface area contributed by atoms with Gasteiger partial charge in [-0.05, 0) is 87.5 Å². The van der Waals surface area contributed by atoms with Gasteiger partial charge >= 0.3 is 18.2 Å². The van der Waals surface area contributed by atoms with Crippen LogP contribution in [0.3, 0.4) is 0 Å². The van der Waals surface area contributed by atoms with E-state index in [1.165, 1.54) is 10.4 Å². The first-order valence-electron chi connectivity index (χ1n) is 18.3. The van der Waals surface area contributed by atoms with E-state index in [2.05, 4.69) is 90.4 Å². The Kier molecular flexibility index (Phi) is 9.50. The number of ether oxygens (including phenoxy) is 1. The second-order valence-electron chi connectivity index (χ2n) is 18.1. The van der Waals surface area contributed by atoms with Gasteiger partial charge in [-0.3, -0.25) is 9.59 Å². The fraction of sp³-hybridized carbons (Fsp3) is 0.564. The molecule has 13 nitrogen and oxygen atoms in total. The summed E-state index contributed by atoms with van der Waals surface area (Å²) in [6, 6.07) is 20.9. The van der Waals surface area contributed by atoms with Gasteiger partial charge < -0.3 is 40.5 Å². The summed E-state index contributed by atoms with van der Waals surface area (Å²) < 4.78 is 12.3. The van der Waals surface area contributed by atoms with E-state index in [1.807, 2.05) is 12.1 Å². The zero-order valence-electron chi connectivity index (χ0n) is 31.3. The van der Waals surface area contributed by atoms with Crippen LogP contribution in [-0.2, 0) is 18.8 Å². The Morgan fingerprint density at radius 3 is 1.64 bits per heavy atom. The average Bonchev–Trinajstić information content (AvgIpc) is 2.97. The number of aliphatic carboxylic acids is 1. The lowest BCUT2D eigenvalue weighted by Crippen LogP contribution is -2.78. The second-order valence-corrected chi connectivity index (χ2v) is 22.3. The van der Waals surface area contributed by atoms with Crippen LogP contribution in [0.1, 0.15) is 92.9 Å². The van der Waals surface area contributed by atoms with E-state index >= 15 is 0 Å². The molecule has 0 aromatic heterocycles. The average molecular weight is 749 g/mol. The van der Waals surface area contributed by atoms with Gasteiger partial charge in [0.15, 0.2) is 5.84 Å². The van der Waals surface area contributed by atoms with Crippen molar-refractivity contribution in [2.75, 3.05) is 0 Å². The number of amidine groups is 1. The van der Waals surface area contributed by atoms with Crippen LogP contribution in [0.4, 0.5) is 9.59 Å². The topological polar surface area (TPSA) is 196 Å². The molecular formula is C39H52N4O9Si. The van der Waals surface area contributed by atoms with Crippen molar-refractivity contribution in [3.8, 4) is 0 Å². The minimum Gasteiger partial charge on any atom is -0.481 e. The molecular weight excluding hydrogens is 697 g/mol. The maximum Gasteiger partial charge on any atom is 0.408 e. The summed E-state index contributed by atoms with van der Waals surface area (Å²) >= 11 is 0. The van der Waals surface area contributed by atoms with Gasteiger partial charge in [0.2, 0.25) is 5.91 Å². The van der Waals surface area contributed by atoms with Crippen LogP contribution in [0.15, 0.2) is 65.8 Å². The van der Waals surface area contributed by atoms with Crippen molar-refractivity contribution >= 4 is 48.6 Å². The maximum atomic E-state index is 12.9. The van der Waals surface area contributed by atoms with Crippen LogP contribution in [0, 0.1) is 16.7 Å². The van der Waals surface area contributed by atoms with E-state index in [1.54, 1.807) is 20.8 Å². The van der Waals surface area contributed by atoms with Gasteiger partial charge in [-0.1, -0.05) is 86.6 Å². The molecule has 7 aliphatic carbocycles. The van der Waals surface area contributed by atoms with E-state index in [-0.39, 0.29) is 34.3 Å². The Morgan fingerprint density at radius 2 is 1.23 bits per heavy atom. The third kappa shape index (κ3) is 7.03. The zero-order valence-corrected chi connectivity index (χ0v) is 32.3. The molecule has 0 spiro atoms. The number of hydrogen-bond donors (Lipinski definition) is 6. The normalized spacial score (nSPS) is 30.9. The number of amides is 3. The molecule has 286 valence electrons. The molecule has 7 saturated carbocycles. The van der Waals surface area contributed by atoms with E-state index in [4.69, 9.17) is 19.4 Å². The Balaban J connectivity index is 0.000000250. The molecule has 2 aromatic carbocycles. The Morgan fingerprint density at radius 1 is 0.755 bits per heavy atom. The van der Waals surface area contributed by atoms with Crippen molar-refractivity contribution in [3.05, 3.63) is 60.7 Å². The van der Waals surface area contributed by atoms with Crippen molar-refractivity contribution in [2.45, 2.75) is 121 Å². The predicted octanol–water partition coefficient (Wildman–Crippen LogP) is 4.95. The molecule has 0 heterocycles. The monoisotopic (exact) mass is 748 g/mol. The van der Waals surface area contributed by atoms with Gasteiger partial charge in [0.05, 0.1) is 10.8 Å². The molecule has 6 N–H and O–H groups in total. The van der Waals surface area contributed by atoms with E-state index in [0.717, 1.165) is 0 Å². The number of carboxylic acids is 1. The van der Waals surface area contributed by atoms with E-state index in [9.17, 15) is 24.4 Å². The molecule has 53 heavy (non-hydrogen) atoms. The third-order valence-electron chi connectivity index (χ3n) is 11.7. The third-order valence-corrected chi connectivity index (χ3v) is 16.8. The van der Waals surface area contributed by atoms with E-state index < -0.39 is 48.4 Å². The predicted molar refractivity (Wildman–Crippen MR) is 199 cm³/mol. The van der Waals surface area contributed by atoms with Gasteiger partial charge in [0.25, 0.3) is 8.32 Å². The Bertz CT molecular complexity index is 1700. The number of hydrogen-bond acceptors (Lipinski definition) is 8. The van der Waals surface area contributed by atoms with Crippen LogP contribution in [-0.4, -0.2) is 76.4 Å². The molecule has 7 fully saturated rings. The summed E-state index contributed by atoms with van der Waals surface area (Å²) in [5.41, 5.74) is -2.41. The maximum absolute atomic E-state index is 12.9. The molecule has 2 aromatic rings. The van der Waals surface area contributed by atoms with Crippen LogP contribution in [0.5, 0.6) is 0 Å². The van der Waals surface area contributed by atoms with Gasteiger partial charge in [-0.15, -0.1) is 0 Å². The number of alkyl carbamates (subject to hydrolysis) is 1. The zero-order chi connectivity index (χ0) is 38.7. The fourth-order valence-electron chi connectivity index (χ4n) is 9.34. The highest BCUT2D eigenvalue weighted by atomic mass is 28.4. The van der Waals surface area contributed by atoms with Crippen molar-refractivity contribution in [1.82, 2.24) is 16.0 Å². The minimum atomic E-state index is -2.68. The molecule has 9 rings (SSSR count). The van der Waals surface area contributed by atoms with Crippen LogP contribution < -0.4 is 26.3 Å². The summed E-state index contributed by atoms with van der Waals surface area (Å²) in [4.78, 5) is 46.2. The number of carbonyl (C=O) groups excluding carboxylic acids is 2. The number of carboxylic acid groups (broad SMARTS) is 2. The van der Waals surface area contributed by atoms with Crippen LogP contribution in [0.25, 0.3) is 0 Å². The number of nitrogens with one attached hydrogen (secondary N) is 3. The van der Waals surface area contributed by atoms with Crippen molar-refractivity contribution < 1.29 is 43.8 Å². The minimum absolute atomic E-state index is 0.0251. The summed E-state index contributed by atoms with van der Waals surface area (Å²) in [5, 5.41) is 41.5. The highest BCUT2D eigenvalue weighted by molar-refractivity contribution is 6.99. The molecule has 0 aliphatic heterocycles. The fourth-order valence-corrected chi connectivity index (χ4v) is 14.0. The van der Waals surface area contributed by atoms with Crippen molar-refractivity contribution in [3.63, 3.8) is 0 Å². The molecule has 0 atom stereocenters. The summed E-state index contributed by atoms with van der Waals surface area (Å²) in [6.07, 6.45) is 2.84. The van der Waals surface area contributed by atoms with Crippen molar-refractivity contribution in [2.24, 2.45) is 21.9 Å². The number of oxime groups is 1. The molecule has 0 unspecified atom stereocenters. The Hall–Kier alpha value is -4.43. The van der Waals surface area contributed by atoms with Gasteiger partial charge in [0, 0.05) is 23.1 Å². The number of carbonyl (C=O) groups is 4. The molecule has 0 saturated heterocycles. The molecule has 4 bridgehead atoms. The number of nitrogens with zero attached hydrogens (tertiary/aromatic N) is 1. The summed E-state index contributed by atoms with van der Waals surface area (Å²) in [5.74, 6) is -0.765. The lowest BCUT2D eigenvalue weighted by molar-refractivity contribution is -0.197. The largest absolute Gasteiger partial charge is 0.481 e. The molecule has 14 heteroatoms. The first-order chi connectivity index (χ1) is 24.7. The van der Waals surface area contributed by atoms with Gasteiger partial charge in [-0.25, -0.2) is 9.59 Å². The molecule has 3 amide bonds. The number of benzene rings is 2. The molecule has 0 radical (unpaired) electrons. The van der Waals surface area contributed by atoms with E-state index in [0.29, 0.717) is 51.4 Å². The Labute approximate surface area is 311 Å². The molecule has 7 aliphatic rings.